The molecule has 0 spiro atoms. The van der Waals surface area contributed by atoms with E-state index in [0.29, 0.717) is 49.5 Å². The van der Waals surface area contributed by atoms with Gasteiger partial charge in [-0.2, -0.15) is 0 Å². The van der Waals surface area contributed by atoms with E-state index in [9.17, 15) is 18.0 Å². The van der Waals surface area contributed by atoms with Crippen molar-refractivity contribution in [3.8, 4) is 5.75 Å². The van der Waals surface area contributed by atoms with Crippen molar-refractivity contribution in [2.45, 2.75) is 20.2 Å². The van der Waals surface area contributed by atoms with Gasteiger partial charge in [-0.05, 0) is 43.7 Å². The number of ether oxygens (including phenoxy) is 1. The molecule has 0 unspecified atom stereocenters. The van der Waals surface area contributed by atoms with Gasteiger partial charge in [0.2, 0.25) is 0 Å². The maximum atomic E-state index is 12.7. The van der Waals surface area contributed by atoms with Crippen LogP contribution in [0.25, 0.3) is 0 Å². The van der Waals surface area contributed by atoms with Crippen molar-refractivity contribution in [2.24, 2.45) is 0 Å². The van der Waals surface area contributed by atoms with Gasteiger partial charge < -0.3 is 25.2 Å². The zero-order chi connectivity index (χ0) is 25.0. The number of piperazine rings is 1. The van der Waals surface area contributed by atoms with E-state index in [1.54, 1.807) is 13.1 Å². The van der Waals surface area contributed by atoms with E-state index in [1.165, 1.54) is 23.1 Å². The van der Waals surface area contributed by atoms with Gasteiger partial charge >= 0.3 is 12.4 Å². The number of para-hydroxylation sites is 2. The Kier molecular flexibility index (Phi) is 6.90. The largest absolute Gasteiger partial charge is 0.573 e. The number of hydrogen-bond acceptors (Lipinski definition) is 7. The van der Waals surface area contributed by atoms with Gasteiger partial charge in [0.05, 0.1) is 5.69 Å². The molecule has 0 atom stereocenters. The lowest BCUT2D eigenvalue weighted by Crippen LogP contribution is -2.50. The maximum Gasteiger partial charge on any atom is 0.573 e. The van der Waals surface area contributed by atoms with E-state index < -0.39 is 18.1 Å². The standard InChI is InChI=1S/C23H24F3N7O2/c1-15-7-8-27-19(13-15)31-20-14-21(29-16(2)28-20)32-9-11-33(12-10-32)22(34)30-17-5-3-4-6-18(17)35-23(24,25)26/h3-8,13-14H,9-12H2,1-2H3,(H,30,34)(H,27,28,29,31). The normalized spacial score (nSPS) is 14.0. The van der Waals surface area contributed by atoms with Crippen LogP contribution < -0.4 is 20.3 Å². The monoisotopic (exact) mass is 487 g/mol. The summed E-state index contributed by atoms with van der Waals surface area (Å²) < 4.78 is 41.9. The number of carbonyl (C=O) groups is 1. The minimum absolute atomic E-state index is 0.0517. The third-order valence-electron chi connectivity index (χ3n) is 5.24. The summed E-state index contributed by atoms with van der Waals surface area (Å²) >= 11 is 0. The summed E-state index contributed by atoms with van der Waals surface area (Å²) in [6.45, 7) is 5.47. The molecular formula is C23H24F3N7O2. The Labute approximate surface area is 200 Å². The number of rotatable bonds is 5. The predicted octanol–water partition coefficient (Wildman–Crippen LogP) is 4.48. The number of amides is 2. The van der Waals surface area contributed by atoms with Crippen LogP contribution in [0.15, 0.2) is 48.7 Å². The molecule has 1 aliphatic heterocycles. The smallest absolute Gasteiger partial charge is 0.404 e. The highest BCUT2D eigenvalue weighted by Gasteiger charge is 2.32. The molecule has 1 saturated heterocycles. The number of nitrogens with zero attached hydrogens (tertiary/aromatic N) is 5. The first-order chi connectivity index (χ1) is 16.7. The number of pyridine rings is 1. The van der Waals surface area contributed by atoms with E-state index in [0.717, 1.165) is 11.6 Å². The average Bonchev–Trinajstić information content (AvgIpc) is 2.79. The average molecular weight is 487 g/mol. The van der Waals surface area contributed by atoms with Crippen LogP contribution in [0.3, 0.4) is 0 Å². The molecule has 9 nitrogen and oxygen atoms in total. The van der Waals surface area contributed by atoms with Gasteiger partial charge in [0.25, 0.3) is 0 Å². The van der Waals surface area contributed by atoms with Gasteiger partial charge in [0.1, 0.15) is 23.3 Å². The van der Waals surface area contributed by atoms with Crippen molar-refractivity contribution in [3.63, 3.8) is 0 Å². The Hall–Kier alpha value is -4.09. The SMILES string of the molecule is Cc1ccnc(Nc2cc(N3CCN(C(=O)Nc4ccccc4OC(F)(F)F)CC3)nc(C)n2)c1. The quantitative estimate of drug-likeness (QED) is 0.548. The summed E-state index contributed by atoms with van der Waals surface area (Å²) in [5.41, 5.74) is 1.01. The first kappa shape index (κ1) is 24.0. The topological polar surface area (TPSA) is 95.5 Å². The van der Waals surface area contributed by atoms with Crippen molar-refractivity contribution in [1.29, 1.82) is 0 Å². The molecule has 0 saturated carbocycles. The van der Waals surface area contributed by atoms with Crippen molar-refractivity contribution in [3.05, 3.63) is 60.0 Å². The number of alkyl halides is 3. The number of hydrogen-bond donors (Lipinski definition) is 2. The highest BCUT2D eigenvalue weighted by atomic mass is 19.4. The second kappa shape index (κ2) is 10.0. The Morgan fingerprint density at radius 1 is 1.00 bits per heavy atom. The first-order valence-electron chi connectivity index (χ1n) is 10.9. The zero-order valence-electron chi connectivity index (χ0n) is 19.1. The molecule has 3 aromatic rings. The molecule has 0 bridgehead atoms. The van der Waals surface area contributed by atoms with Gasteiger partial charge in [0, 0.05) is 38.4 Å². The maximum absolute atomic E-state index is 12.7. The molecule has 3 heterocycles. The molecular weight excluding hydrogens is 463 g/mol. The number of nitrogens with one attached hydrogen (secondary N) is 2. The number of carbonyl (C=O) groups excluding carboxylic acids is 1. The van der Waals surface area contributed by atoms with Gasteiger partial charge in [-0.3, -0.25) is 0 Å². The van der Waals surface area contributed by atoms with Crippen LogP contribution in [-0.4, -0.2) is 58.4 Å². The second-order valence-corrected chi connectivity index (χ2v) is 7.95. The lowest BCUT2D eigenvalue weighted by molar-refractivity contribution is -0.274. The Morgan fingerprint density at radius 3 is 2.46 bits per heavy atom. The lowest BCUT2D eigenvalue weighted by Gasteiger charge is -2.35. The number of urea groups is 1. The van der Waals surface area contributed by atoms with Crippen molar-refractivity contribution >= 4 is 29.2 Å². The van der Waals surface area contributed by atoms with Crippen LogP contribution >= 0.6 is 0 Å². The first-order valence-corrected chi connectivity index (χ1v) is 10.9. The third kappa shape index (κ3) is 6.49. The van der Waals surface area contributed by atoms with E-state index in [2.05, 4.69) is 30.3 Å². The van der Waals surface area contributed by atoms with Gasteiger partial charge in [-0.15, -0.1) is 13.2 Å². The number of halogens is 3. The molecule has 35 heavy (non-hydrogen) atoms. The molecule has 1 aromatic carbocycles. The van der Waals surface area contributed by atoms with Crippen molar-refractivity contribution in [1.82, 2.24) is 19.9 Å². The van der Waals surface area contributed by atoms with Crippen LogP contribution in [0.2, 0.25) is 0 Å². The Bertz CT molecular complexity index is 1200. The zero-order valence-corrected chi connectivity index (χ0v) is 19.1. The number of anilines is 4. The molecule has 1 fully saturated rings. The molecule has 2 N–H and O–H groups in total. The molecule has 2 aromatic heterocycles. The van der Waals surface area contributed by atoms with Crippen LogP contribution in [0.5, 0.6) is 5.75 Å². The number of aromatic nitrogens is 3. The summed E-state index contributed by atoms with van der Waals surface area (Å²) in [5, 5.41) is 5.69. The van der Waals surface area contributed by atoms with E-state index in [1.807, 2.05) is 30.0 Å². The summed E-state index contributed by atoms with van der Waals surface area (Å²) in [4.78, 5) is 29.5. The highest BCUT2D eigenvalue weighted by molar-refractivity contribution is 5.91. The van der Waals surface area contributed by atoms with Gasteiger partial charge in [-0.1, -0.05) is 12.1 Å². The van der Waals surface area contributed by atoms with E-state index >= 15 is 0 Å². The number of aryl methyl sites for hydroxylation is 2. The minimum atomic E-state index is -4.86. The molecule has 1 aliphatic rings. The van der Waals surface area contributed by atoms with Gasteiger partial charge in [0.15, 0.2) is 5.75 Å². The number of benzene rings is 1. The predicted molar refractivity (Wildman–Crippen MR) is 125 cm³/mol. The molecule has 12 heteroatoms. The van der Waals surface area contributed by atoms with Crippen LogP contribution in [0, 0.1) is 13.8 Å². The third-order valence-corrected chi connectivity index (χ3v) is 5.24. The fourth-order valence-corrected chi connectivity index (χ4v) is 3.63. The molecule has 184 valence electrons. The highest BCUT2D eigenvalue weighted by Crippen LogP contribution is 2.30. The lowest BCUT2D eigenvalue weighted by atomic mass is 10.3. The summed E-state index contributed by atoms with van der Waals surface area (Å²) in [5.74, 6) is 2.10. The summed E-state index contributed by atoms with van der Waals surface area (Å²) in [6, 6.07) is 10.6. The Morgan fingerprint density at radius 2 is 1.74 bits per heavy atom. The molecule has 0 radical (unpaired) electrons. The van der Waals surface area contributed by atoms with Crippen molar-refractivity contribution < 1.29 is 22.7 Å². The van der Waals surface area contributed by atoms with Gasteiger partial charge in [-0.25, -0.2) is 19.7 Å². The Balaban J connectivity index is 1.38. The van der Waals surface area contributed by atoms with Crippen LogP contribution in [-0.2, 0) is 0 Å². The van der Waals surface area contributed by atoms with Crippen LogP contribution in [0.1, 0.15) is 11.4 Å². The second-order valence-electron chi connectivity index (χ2n) is 7.95. The molecule has 2 amide bonds. The summed E-state index contributed by atoms with van der Waals surface area (Å²) in [7, 11) is 0. The van der Waals surface area contributed by atoms with E-state index in [-0.39, 0.29) is 5.69 Å². The van der Waals surface area contributed by atoms with E-state index in [4.69, 9.17) is 0 Å². The minimum Gasteiger partial charge on any atom is -0.404 e. The fourth-order valence-electron chi connectivity index (χ4n) is 3.63. The van der Waals surface area contributed by atoms with Crippen molar-refractivity contribution in [2.75, 3.05) is 41.7 Å². The fraction of sp³-hybridized carbons (Fsp3) is 0.304. The van der Waals surface area contributed by atoms with Crippen LogP contribution in [0.4, 0.5) is 41.1 Å². The summed E-state index contributed by atoms with van der Waals surface area (Å²) in [6.07, 6.45) is -3.14. The molecule has 4 rings (SSSR count). The molecule has 0 aliphatic carbocycles.